The van der Waals surface area contributed by atoms with Crippen molar-refractivity contribution in [3.05, 3.63) is 76.0 Å². The molecular formula is C19H16FN3O4. The van der Waals surface area contributed by atoms with E-state index < -0.39 is 30.0 Å². The summed E-state index contributed by atoms with van der Waals surface area (Å²) in [6, 6.07) is 11.4. The van der Waals surface area contributed by atoms with Crippen molar-refractivity contribution >= 4 is 22.6 Å². The summed E-state index contributed by atoms with van der Waals surface area (Å²) in [4.78, 5) is 36.3. The van der Waals surface area contributed by atoms with Crippen LogP contribution in [0, 0.1) is 5.82 Å². The van der Waals surface area contributed by atoms with Crippen molar-refractivity contribution in [1.29, 1.82) is 0 Å². The number of hydrogen-bond donors (Lipinski definition) is 2. The van der Waals surface area contributed by atoms with Gasteiger partial charge in [0.05, 0.1) is 11.4 Å². The van der Waals surface area contributed by atoms with Gasteiger partial charge in [0, 0.05) is 5.39 Å². The molecule has 1 heterocycles. The number of benzene rings is 2. The highest BCUT2D eigenvalue weighted by Gasteiger charge is 2.18. The van der Waals surface area contributed by atoms with E-state index in [2.05, 4.69) is 10.4 Å². The number of aromatic carboxylic acids is 1. The third-order valence-electron chi connectivity index (χ3n) is 4.11. The van der Waals surface area contributed by atoms with Crippen molar-refractivity contribution in [2.24, 2.45) is 0 Å². The molecule has 0 saturated carbocycles. The van der Waals surface area contributed by atoms with Crippen LogP contribution in [0.15, 0.2) is 53.3 Å². The van der Waals surface area contributed by atoms with Gasteiger partial charge in [0.15, 0.2) is 5.69 Å². The number of nitrogens with one attached hydrogen (secondary N) is 1. The SMILES string of the molecule is C[C@H](NC(=O)Cn1nc(C(=O)O)c2ccccc2c1=O)c1ccc(F)cc1. The summed E-state index contributed by atoms with van der Waals surface area (Å²) in [6.45, 7) is 1.28. The van der Waals surface area contributed by atoms with Crippen molar-refractivity contribution in [2.75, 3.05) is 0 Å². The van der Waals surface area contributed by atoms with Gasteiger partial charge in [0.1, 0.15) is 12.4 Å². The second kappa shape index (κ2) is 7.36. The third kappa shape index (κ3) is 3.84. The molecule has 0 radical (unpaired) electrons. The molecule has 7 nitrogen and oxygen atoms in total. The van der Waals surface area contributed by atoms with Crippen molar-refractivity contribution in [3.8, 4) is 0 Å². The van der Waals surface area contributed by atoms with Gasteiger partial charge in [0.2, 0.25) is 5.91 Å². The second-order valence-corrected chi connectivity index (χ2v) is 6.00. The van der Waals surface area contributed by atoms with Crippen LogP contribution in [0.25, 0.3) is 10.8 Å². The first kappa shape index (κ1) is 18.2. The van der Waals surface area contributed by atoms with E-state index in [0.717, 1.165) is 4.68 Å². The van der Waals surface area contributed by atoms with Crippen LogP contribution in [0.5, 0.6) is 0 Å². The van der Waals surface area contributed by atoms with Crippen LogP contribution < -0.4 is 10.9 Å². The highest BCUT2D eigenvalue weighted by molar-refractivity contribution is 6.01. The van der Waals surface area contributed by atoms with Gasteiger partial charge in [-0.3, -0.25) is 9.59 Å². The van der Waals surface area contributed by atoms with Crippen molar-refractivity contribution in [3.63, 3.8) is 0 Å². The van der Waals surface area contributed by atoms with Crippen LogP contribution in [-0.4, -0.2) is 26.8 Å². The molecule has 8 heteroatoms. The molecule has 2 N–H and O–H groups in total. The molecule has 2 aromatic carbocycles. The lowest BCUT2D eigenvalue weighted by Crippen LogP contribution is -2.35. The predicted molar refractivity (Wildman–Crippen MR) is 95.9 cm³/mol. The quantitative estimate of drug-likeness (QED) is 0.717. The molecule has 1 aromatic heterocycles. The predicted octanol–water partition coefficient (Wildman–Crippen LogP) is 2.11. The number of rotatable bonds is 5. The summed E-state index contributed by atoms with van der Waals surface area (Å²) < 4.78 is 13.8. The molecule has 0 aliphatic carbocycles. The topological polar surface area (TPSA) is 101 Å². The molecule has 3 rings (SSSR count). The molecule has 27 heavy (non-hydrogen) atoms. The van der Waals surface area contributed by atoms with E-state index in [4.69, 9.17) is 0 Å². The molecule has 3 aromatic rings. The summed E-state index contributed by atoms with van der Waals surface area (Å²) in [5, 5.41) is 16.2. The Morgan fingerprint density at radius 2 is 1.78 bits per heavy atom. The monoisotopic (exact) mass is 369 g/mol. The molecule has 0 fully saturated rings. The number of fused-ring (bicyclic) bond motifs is 1. The number of halogens is 1. The number of aromatic nitrogens is 2. The van der Waals surface area contributed by atoms with Crippen LogP contribution in [-0.2, 0) is 11.3 Å². The zero-order chi connectivity index (χ0) is 19.6. The lowest BCUT2D eigenvalue weighted by atomic mass is 10.1. The summed E-state index contributed by atoms with van der Waals surface area (Å²) in [5.41, 5.74) is -0.167. The summed E-state index contributed by atoms with van der Waals surface area (Å²) in [7, 11) is 0. The minimum atomic E-state index is -1.29. The number of nitrogens with zero attached hydrogens (tertiary/aromatic N) is 2. The zero-order valence-corrected chi connectivity index (χ0v) is 14.3. The molecule has 0 aliphatic heterocycles. The van der Waals surface area contributed by atoms with Crippen LogP contribution in [0.3, 0.4) is 0 Å². The zero-order valence-electron chi connectivity index (χ0n) is 14.3. The fourth-order valence-corrected chi connectivity index (χ4v) is 2.76. The van der Waals surface area contributed by atoms with Crippen LogP contribution in [0.1, 0.15) is 29.0 Å². The Balaban J connectivity index is 1.86. The number of amides is 1. The fraction of sp³-hybridized carbons (Fsp3) is 0.158. The molecule has 0 bridgehead atoms. The lowest BCUT2D eigenvalue weighted by molar-refractivity contribution is -0.122. The largest absolute Gasteiger partial charge is 0.476 e. The number of carbonyl (C=O) groups excluding carboxylic acids is 1. The van der Waals surface area contributed by atoms with E-state index >= 15 is 0 Å². The first-order chi connectivity index (χ1) is 12.9. The molecule has 1 amide bonds. The maximum atomic E-state index is 13.0. The molecule has 0 unspecified atom stereocenters. The Morgan fingerprint density at radius 1 is 1.15 bits per heavy atom. The molecule has 138 valence electrons. The van der Waals surface area contributed by atoms with E-state index in [1.807, 2.05) is 0 Å². The number of hydrogen-bond acceptors (Lipinski definition) is 4. The molecule has 1 atom stereocenters. The summed E-state index contributed by atoms with van der Waals surface area (Å²) >= 11 is 0. The van der Waals surface area contributed by atoms with Crippen molar-refractivity contribution in [2.45, 2.75) is 19.5 Å². The maximum Gasteiger partial charge on any atom is 0.357 e. The first-order valence-corrected chi connectivity index (χ1v) is 8.15. The lowest BCUT2D eigenvalue weighted by Gasteiger charge is -2.15. The average molecular weight is 369 g/mol. The van der Waals surface area contributed by atoms with Gasteiger partial charge in [-0.05, 0) is 30.7 Å². The first-order valence-electron chi connectivity index (χ1n) is 8.15. The number of carbonyl (C=O) groups is 2. The van der Waals surface area contributed by atoms with E-state index in [1.54, 1.807) is 31.2 Å². The number of carboxylic acid groups (broad SMARTS) is 1. The molecular weight excluding hydrogens is 353 g/mol. The van der Waals surface area contributed by atoms with Crippen LogP contribution >= 0.6 is 0 Å². The van der Waals surface area contributed by atoms with E-state index in [1.165, 1.54) is 24.3 Å². The van der Waals surface area contributed by atoms with Gasteiger partial charge in [0.25, 0.3) is 5.56 Å². The third-order valence-corrected chi connectivity index (χ3v) is 4.11. The van der Waals surface area contributed by atoms with Gasteiger partial charge < -0.3 is 10.4 Å². The Kier molecular flexibility index (Phi) is 4.98. The van der Waals surface area contributed by atoms with Crippen LogP contribution in [0.2, 0.25) is 0 Å². The van der Waals surface area contributed by atoms with Gasteiger partial charge in [-0.15, -0.1) is 0 Å². The van der Waals surface area contributed by atoms with Gasteiger partial charge in [-0.2, -0.15) is 5.10 Å². The van der Waals surface area contributed by atoms with E-state index in [9.17, 15) is 23.9 Å². The standard InChI is InChI=1S/C19H16FN3O4/c1-11(12-6-8-13(20)9-7-12)21-16(24)10-23-18(25)15-5-3-2-4-14(15)17(22-23)19(26)27/h2-9,11H,10H2,1H3,(H,21,24)(H,26,27)/t11-/m0/s1. The highest BCUT2D eigenvalue weighted by atomic mass is 19.1. The minimum Gasteiger partial charge on any atom is -0.476 e. The Morgan fingerprint density at radius 3 is 2.41 bits per heavy atom. The van der Waals surface area contributed by atoms with Gasteiger partial charge >= 0.3 is 5.97 Å². The van der Waals surface area contributed by atoms with E-state index in [-0.39, 0.29) is 22.3 Å². The fourth-order valence-electron chi connectivity index (χ4n) is 2.76. The molecule has 0 spiro atoms. The van der Waals surface area contributed by atoms with Crippen molar-refractivity contribution in [1.82, 2.24) is 15.1 Å². The molecule has 0 aliphatic rings. The summed E-state index contributed by atoms with van der Waals surface area (Å²) in [6.07, 6.45) is 0. The Hall–Kier alpha value is -3.55. The van der Waals surface area contributed by atoms with Gasteiger partial charge in [-0.25, -0.2) is 13.9 Å². The minimum absolute atomic E-state index is 0.171. The summed E-state index contributed by atoms with van der Waals surface area (Å²) in [5.74, 6) is -2.20. The Bertz CT molecular complexity index is 1080. The second-order valence-electron chi connectivity index (χ2n) is 6.00. The smallest absolute Gasteiger partial charge is 0.357 e. The van der Waals surface area contributed by atoms with Crippen LogP contribution in [0.4, 0.5) is 4.39 Å². The van der Waals surface area contributed by atoms with E-state index in [0.29, 0.717) is 5.56 Å². The Labute approximate surface area is 153 Å². The molecule has 0 saturated heterocycles. The van der Waals surface area contributed by atoms with Crippen molar-refractivity contribution < 1.29 is 19.1 Å². The van der Waals surface area contributed by atoms with Gasteiger partial charge in [-0.1, -0.05) is 30.3 Å². The normalized spacial score (nSPS) is 11.9. The number of carboxylic acids is 1. The maximum absolute atomic E-state index is 13.0. The highest BCUT2D eigenvalue weighted by Crippen LogP contribution is 2.14. The average Bonchev–Trinajstić information content (AvgIpc) is 2.64.